The van der Waals surface area contributed by atoms with E-state index in [2.05, 4.69) is 20.8 Å². The molecule has 2 rings (SSSR count). The van der Waals surface area contributed by atoms with E-state index in [1.807, 2.05) is 31.2 Å². The van der Waals surface area contributed by atoms with Gasteiger partial charge in [0, 0.05) is 11.6 Å². The summed E-state index contributed by atoms with van der Waals surface area (Å²) in [6.45, 7) is 8.20. The van der Waals surface area contributed by atoms with E-state index in [-0.39, 0.29) is 17.2 Å². The average molecular weight is 287 g/mol. The summed E-state index contributed by atoms with van der Waals surface area (Å²) < 4.78 is 19.8. The molecule has 21 heavy (non-hydrogen) atoms. The van der Waals surface area contributed by atoms with Crippen LogP contribution in [0.1, 0.15) is 44.9 Å². The Labute approximate surface area is 125 Å². The van der Waals surface area contributed by atoms with Gasteiger partial charge in [-0.1, -0.05) is 45.0 Å². The number of para-hydroxylation sites is 1. The van der Waals surface area contributed by atoms with Gasteiger partial charge in [0.2, 0.25) is 0 Å². The lowest BCUT2D eigenvalue weighted by Crippen LogP contribution is -2.11. The molecule has 2 aromatic rings. The van der Waals surface area contributed by atoms with Crippen molar-refractivity contribution < 1.29 is 9.13 Å². The first kappa shape index (κ1) is 15.5. The van der Waals surface area contributed by atoms with E-state index in [4.69, 9.17) is 10.5 Å². The third kappa shape index (κ3) is 3.61. The zero-order valence-electron chi connectivity index (χ0n) is 13.0. The topological polar surface area (TPSA) is 35.2 Å². The van der Waals surface area contributed by atoms with Crippen molar-refractivity contribution in [2.45, 2.75) is 39.2 Å². The van der Waals surface area contributed by atoms with E-state index in [9.17, 15) is 4.39 Å². The highest BCUT2D eigenvalue weighted by Gasteiger charge is 2.17. The molecule has 0 saturated heterocycles. The summed E-state index contributed by atoms with van der Waals surface area (Å²) in [5.74, 6) is 0.430. The number of hydrogen-bond donors (Lipinski definition) is 1. The zero-order valence-corrected chi connectivity index (χ0v) is 13.0. The SMILES string of the molecule is C[C@H](N)c1cccc(F)c1Oc1cccc(C(C)(C)C)c1. The van der Waals surface area contributed by atoms with Gasteiger partial charge in [-0.2, -0.15) is 0 Å². The van der Waals surface area contributed by atoms with Crippen LogP contribution in [0.25, 0.3) is 0 Å². The first-order valence-electron chi connectivity index (χ1n) is 7.11. The second kappa shape index (κ2) is 5.86. The third-order valence-electron chi connectivity index (χ3n) is 3.41. The predicted octanol–water partition coefficient (Wildman–Crippen LogP) is 4.94. The summed E-state index contributed by atoms with van der Waals surface area (Å²) in [4.78, 5) is 0. The molecule has 0 radical (unpaired) electrons. The van der Waals surface area contributed by atoms with E-state index < -0.39 is 5.82 Å². The number of hydrogen-bond acceptors (Lipinski definition) is 2. The molecular weight excluding hydrogens is 265 g/mol. The van der Waals surface area contributed by atoms with Crippen LogP contribution in [0.3, 0.4) is 0 Å². The molecule has 2 aromatic carbocycles. The normalized spacial score (nSPS) is 13.0. The maximum absolute atomic E-state index is 14.1. The molecule has 0 aliphatic carbocycles. The molecular formula is C18H22FNO. The smallest absolute Gasteiger partial charge is 0.167 e. The van der Waals surface area contributed by atoms with Crippen LogP contribution in [-0.4, -0.2) is 0 Å². The third-order valence-corrected chi connectivity index (χ3v) is 3.41. The van der Waals surface area contributed by atoms with Crippen LogP contribution in [0.2, 0.25) is 0 Å². The Morgan fingerprint density at radius 3 is 2.38 bits per heavy atom. The summed E-state index contributed by atoms with van der Waals surface area (Å²) in [7, 11) is 0. The van der Waals surface area contributed by atoms with Crippen molar-refractivity contribution in [1.29, 1.82) is 0 Å². The van der Waals surface area contributed by atoms with Crippen molar-refractivity contribution >= 4 is 0 Å². The van der Waals surface area contributed by atoms with Gasteiger partial charge >= 0.3 is 0 Å². The van der Waals surface area contributed by atoms with E-state index >= 15 is 0 Å². The standard InChI is InChI=1S/C18H22FNO/c1-12(20)15-9-6-10-16(19)17(15)21-14-8-5-7-13(11-14)18(2,3)4/h5-12H,20H2,1-4H3/t12-/m0/s1. The second-order valence-electron chi connectivity index (χ2n) is 6.33. The zero-order chi connectivity index (χ0) is 15.6. The minimum absolute atomic E-state index is 0.0125. The lowest BCUT2D eigenvalue weighted by atomic mass is 9.87. The molecule has 0 fully saturated rings. The van der Waals surface area contributed by atoms with E-state index in [0.717, 1.165) is 5.56 Å². The van der Waals surface area contributed by atoms with E-state index in [1.165, 1.54) is 6.07 Å². The predicted molar refractivity (Wildman–Crippen MR) is 84.2 cm³/mol. The Bertz CT molecular complexity index is 629. The average Bonchev–Trinajstić information content (AvgIpc) is 2.40. The minimum Gasteiger partial charge on any atom is -0.454 e. The lowest BCUT2D eigenvalue weighted by Gasteiger charge is -2.20. The van der Waals surface area contributed by atoms with Crippen LogP contribution in [0.15, 0.2) is 42.5 Å². The largest absolute Gasteiger partial charge is 0.454 e. The molecule has 2 nitrogen and oxygen atoms in total. The van der Waals surface area contributed by atoms with Gasteiger partial charge in [-0.05, 0) is 36.1 Å². The van der Waals surface area contributed by atoms with Crippen LogP contribution in [0, 0.1) is 5.82 Å². The van der Waals surface area contributed by atoms with Crippen LogP contribution in [-0.2, 0) is 5.41 Å². The molecule has 0 amide bonds. The van der Waals surface area contributed by atoms with Gasteiger partial charge in [-0.25, -0.2) is 4.39 Å². The quantitative estimate of drug-likeness (QED) is 0.868. The Balaban J connectivity index is 2.39. The van der Waals surface area contributed by atoms with Gasteiger partial charge in [0.1, 0.15) is 5.75 Å². The molecule has 0 heterocycles. The highest BCUT2D eigenvalue weighted by Crippen LogP contribution is 2.33. The van der Waals surface area contributed by atoms with Crippen LogP contribution in [0.5, 0.6) is 11.5 Å². The van der Waals surface area contributed by atoms with Crippen molar-refractivity contribution in [1.82, 2.24) is 0 Å². The summed E-state index contributed by atoms with van der Waals surface area (Å²) >= 11 is 0. The van der Waals surface area contributed by atoms with E-state index in [1.54, 1.807) is 12.1 Å². The Hall–Kier alpha value is -1.87. The Kier molecular flexibility index (Phi) is 4.33. The van der Waals surface area contributed by atoms with Crippen LogP contribution in [0.4, 0.5) is 4.39 Å². The molecule has 0 spiro atoms. The first-order valence-corrected chi connectivity index (χ1v) is 7.11. The first-order chi connectivity index (χ1) is 9.79. The van der Waals surface area contributed by atoms with Crippen molar-refractivity contribution in [2.75, 3.05) is 0 Å². The summed E-state index contributed by atoms with van der Waals surface area (Å²) in [5.41, 5.74) is 7.70. The number of rotatable bonds is 3. The number of ether oxygens (including phenoxy) is 1. The van der Waals surface area contributed by atoms with Gasteiger partial charge < -0.3 is 10.5 Å². The summed E-state index contributed by atoms with van der Waals surface area (Å²) in [5, 5.41) is 0. The van der Waals surface area contributed by atoms with Crippen LogP contribution >= 0.6 is 0 Å². The molecule has 0 aliphatic rings. The summed E-state index contributed by atoms with van der Waals surface area (Å²) in [6, 6.07) is 12.3. The lowest BCUT2D eigenvalue weighted by molar-refractivity contribution is 0.431. The van der Waals surface area contributed by atoms with Crippen molar-refractivity contribution in [3.63, 3.8) is 0 Å². The van der Waals surface area contributed by atoms with E-state index in [0.29, 0.717) is 11.3 Å². The maximum atomic E-state index is 14.1. The van der Waals surface area contributed by atoms with Gasteiger partial charge in [-0.15, -0.1) is 0 Å². The molecule has 112 valence electrons. The van der Waals surface area contributed by atoms with Gasteiger partial charge in [0.25, 0.3) is 0 Å². The Morgan fingerprint density at radius 2 is 1.76 bits per heavy atom. The molecule has 2 N–H and O–H groups in total. The molecule has 0 aromatic heterocycles. The fourth-order valence-corrected chi connectivity index (χ4v) is 2.14. The summed E-state index contributed by atoms with van der Waals surface area (Å²) in [6.07, 6.45) is 0. The molecule has 0 unspecified atom stereocenters. The highest BCUT2D eigenvalue weighted by molar-refractivity contribution is 5.42. The van der Waals surface area contributed by atoms with Gasteiger partial charge in [-0.3, -0.25) is 0 Å². The van der Waals surface area contributed by atoms with Crippen molar-refractivity contribution in [3.05, 3.63) is 59.4 Å². The second-order valence-corrected chi connectivity index (χ2v) is 6.33. The highest BCUT2D eigenvalue weighted by atomic mass is 19.1. The maximum Gasteiger partial charge on any atom is 0.167 e. The molecule has 0 bridgehead atoms. The number of halogens is 1. The number of nitrogens with two attached hydrogens (primary N) is 1. The van der Waals surface area contributed by atoms with Gasteiger partial charge in [0.15, 0.2) is 11.6 Å². The number of benzene rings is 2. The minimum atomic E-state index is -0.397. The molecule has 0 aliphatic heterocycles. The molecule has 0 saturated carbocycles. The fourth-order valence-electron chi connectivity index (χ4n) is 2.14. The van der Waals surface area contributed by atoms with Crippen molar-refractivity contribution in [2.24, 2.45) is 5.73 Å². The monoisotopic (exact) mass is 287 g/mol. The molecule has 1 atom stereocenters. The molecule has 3 heteroatoms. The van der Waals surface area contributed by atoms with Crippen LogP contribution < -0.4 is 10.5 Å². The van der Waals surface area contributed by atoms with Crippen molar-refractivity contribution in [3.8, 4) is 11.5 Å². The Morgan fingerprint density at radius 1 is 1.10 bits per heavy atom. The van der Waals surface area contributed by atoms with Gasteiger partial charge in [0.05, 0.1) is 0 Å². The fraction of sp³-hybridized carbons (Fsp3) is 0.333.